The summed E-state index contributed by atoms with van der Waals surface area (Å²) in [5.74, 6) is -0.251. The Balaban J connectivity index is 1.28. The predicted octanol–water partition coefficient (Wildman–Crippen LogP) is 3.92. The van der Waals surface area contributed by atoms with Crippen LogP contribution in [0.1, 0.15) is 28.0 Å². The third kappa shape index (κ3) is 4.49. The molecule has 164 valence electrons. The third-order valence-electron chi connectivity index (χ3n) is 6.16. The maximum absolute atomic E-state index is 13.4. The summed E-state index contributed by atoms with van der Waals surface area (Å²) in [6, 6.07) is 11.1. The number of aromatic nitrogens is 3. The first kappa shape index (κ1) is 21.0. The number of rotatable bonds is 7. The van der Waals surface area contributed by atoms with E-state index in [2.05, 4.69) is 27.4 Å². The lowest BCUT2D eigenvalue weighted by atomic mass is 9.93. The minimum atomic E-state index is -0.251. The van der Waals surface area contributed by atoms with Gasteiger partial charge in [0.25, 0.3) is 5.56 Å². The largest absolute Gasteiger partial charge is 0.313 e. The van der Waals surface area contributed by atoms with Crippen molar-refractivity contribution in [2.75, 3.05) is 6.54 Å². The summed E-state index contributed by atoms with van der Waals surface area (Å²) in [6.45, 7) is 1.43. The van der Waals surface area contributed by atoms with Crippen LogP contribution in [0.25, 0.3) is 10.2 Å². The fraction of sp³-hybridized carbons (Fsp3) is 0.320. The highest BCUT2D eigenvalue weighted by molar-refractivity contribution is 7.18. The second-order valence-corrected chi connectivity index (χ2v) is 9.39. The lowest BCUT2D eigenvalue weighted by Crippen LogP contribution is -2.35. The van der Waals surface area contributed by atoms with Crippen molar-refractivity contribution < 1.29 is 4.39 Å². The molecule has 0 bridgehead atoms. The van der Waals surface area contributed by atoms with E-state index in [1.165, 1.54) is 28.1 Å². The van der Waals surface area contributed by atoms with Gasteiger partial charge in [0.15, 0.2) is 0 Å². The van der Waals surface area contributed by atoms with Crippen LogP contribution in [-0.2, 0) is 32.2 Å². The van der Waals surface area contributed by atoms with Crippen molar-refractivity contribution >= 4 is 21.6 Å². The maximum Gasteiger partial charge on any atom is 0.262 e. The Bertz CT molecular complexity index is 1280. The Morgan fingerprint density at radius 3 is 2.88 bits per heavy atom. The van der Waals surface area contributed by atoms with Crippen molar-refractivity contribution in [1.82, 2.24) is 19.9 Å². The Morgan fingerprint density at radius 1 is 1.16 bits per heavy atom. The van der Waals surface area contributed by atoms with Gasteiger partial charge in [0.1, 0.15) is 10.6 Å². The van der Waals surface area contributed by atoms with Crippen molar-refractivity contribution in [3.05, 3.63) is 92.9 Å². The number of fused-ring (bicyclic) bond motifs is 3. The van der Waals surface area contributed by atoms with Crippen molar-refractivity contribution in [2.45, 2.75) is 44.7 Å². The topological polar surface area (TPSA) is 59.8 Å². The van der Waals surface area contributed by atoms with Gasteiger partial charge in [-0.3, -0.25) is 14.3 Å². The van der Waals surface area contributed by atoms with Gasteiger partial charge in [0.05, 0.1) is 11.7 Å². The molecular formula is C25H25FN4OS. The van der Waals surface area contributed by atoms with E-state index in [9.17, 15) is 9.18 Å². The molecule has 3 aromatic heterocycles. The average Bonchev–Trinajstić information content (AvgIpc) is 3.18. The monoisotopic (exact) mass is 448 g/mol. The summed E-state index contributed by atoms with van der Waals surface area (Å²) in [4.78, 5) is 24.0. The molecule has 0 saturated carbocycles. The molecule has 32 heavy (non-hydrogen) atoms. The van der Waals surface area contributed by atoms with Crippen LogP contribution in [0.2, 0.25) is 0 Å². The molecule has 0 amide bonds. The number of benzene rings is 1. The highest BCUT2D eigenvalue weighted by Crippen LogP contribution is 2.33. The van der Waals surface area contributed by atoms with E-state index < -0.39 is 0 Å². The molecule has 1 N–H and O–H groups in total. The normalized spacial score (nSPS) is 15.7. The van der Waals surface area contributed by atoms with Crippen molar-refractivity contribution in [1.29, 1.82) is 0 Å². The quantitative estimate of drug-likeness (QED) is 0.466. The van der Waals surface area contributed by atoms with E-state index in [0.717, 1.165) is 48.0 Å². The van der Waals surface area contributed by atoms with Crippen LogP contribution in [0.4, 0.5) is 4.39 Å². The summed E-state index contributed by atoms with van der Waals surface area (Å²) < 4.78 is 15.1. The van der Waals surface area contributed by atoms with Crippen LogP contribution >= 0.6 is 11.3 Å². The number of nitrogens with zero attached hydrogens (tertiary/aromatic N) is 3. The van der Waals surface area contributed by atoms with Gasteiger partial charge in [-0.15, -0.1) is 11.3 Å². The molecular weight excluding hydrogens is 423 g/mol. The summed E-state index contributed by atoms with van der Waals surface area (Å²) in [6.07, 6.45) is 9.73. The van der Waals surface area contributed by atoms with E-state index in [1.54, 1.807) is 28.3 Å². The number of thiophene rings is 1. The first-order chi connectivity index (χ1) is 15.7. The van der Waals surface area contributed by atoms with Crippen LogP contribution in [0.15, 0.2) is 59.9 Å². The Labute approximate surface area is 190 Å². The van der Waals surface area contributed by atoms with Gasteiger partial charge < -0.3 is 5.32 Å². The minimum Gasteiger partial charge on any atom is -0.313 e. The standard InChI is InChI=1S/C25H25FN4OS/c26-19-3-1-2-18(14-19)9-13-30-16-29-24-23(25(30)31)21-5-4-20(15-22(21)32-24)28-12-8-17-6-10-27-11-7-17/h1-3,6-7,10-11,14,16,20,28H,4-5,8-9,12-13,15H2. The maximum atomic E-state index is 13.4. The predicted molar refractivity (Wildman–Crippen MR) is 126 cm³/mol. The SMILES string of the molecule is O=c1c2c3c(sc2ncn1CCc1cccc(F)c1)CC(NCCc1ccncc1)CC3. The summed E-state index contributed by atoms with van der Waals surface area (Å²) in [5, 5.41) is 4.46. The highest BCUT2D eigenvalue weighted by Gasteiger charge is 2.25. The lowest BCUT2D eigenvalue weighted by Gasteiger charge is -2.23. The Morgan fingerprint density at radius 2 is 2.03 bits per heavy atom. The third-order valence-corrected chi connectivity index (χ3v) is 7.32. The number of nitrogens with one attached hydrogen (secondary N) is 1. The number of hydrogen-bond donors (Lipinski definition) is 1. The lowest BCUT2D eigenvalue weighted by molar-refractivity contribution is 0.466. The van der Waals surface area contributed by atoms with Crippen LogP contribution in [-0.4, -0.2) is 27.1 Å². The van der Waals surface area contributed by atoms with E-state index in [1.807, 2.05) is 18.5 Å². The number of hydrogen-bond acceptors (Lipinski definition) is 5. The van der Waals surface area contributed by atoms with Gasteiger partial charge in [0, 0.05) is 29.9 Å². The van der Waals surface area contributed by atoms with Gasteiger partial charge in [-0.2, -0.15) is 0 Å². The van der Waals surface area contributed by atoms with E-state index in [4.69, 9.17) is 0 Å². The van der Waals surface area contributed by atoms with Gasteiger partial charge >= 0.3 is 0 Å². The fourth-order valence-electron chi connectivity index (χ4n) is 4.45. The smallest absolute Gasteiger partial charge is 0.262 e. The van der Waals surface area contributed by atoms with Crippen molar-refractivity contribution in [2.24, 2.45) is 0 Å². The fourth-order valence-corrected chi connectivity index (χ4v) is 5.70. The second kappa shape index (κ2) is 9.30. The zero-order valence-electron chi connectivity index (χ0n) is 17.8. The van der Waals surface area contributed by atoms with Crippen LogP contribution < -0.4 is 10.9 Å². The molecule has 1 atom stereocenters. The van der Waals surface area contributed by atoms with Crippen LogP contribution in [0.3, 0.4) is 0 Å². The average molecular weight is 449 g/mol. The molecule has 1 aromatic carbocycles. The molecule has 0 spiro atoms. The summed E-state index contributed by atoms with van der Waals surface area (Å²) in [5.41, 5.74) is 3.36. The van der Waals surface area contributed by atoms with Gasteiger partial charge in [-0.05, 0) is 79.6 Å². The number of pyridine rings is 1. The number of halogens is 1. The van der Waals surface area contributed by atoms with Gasteiger partial charge in [-0.25, -0.2) is 9.37 Å². The number of aryl methyl sites for hydroxylation is 3. The molecule has 7 heteroatoms. The van der Waals surface area contributed by atoms with E-state index in [-0.39, 0.29) is 11.4 Å². The van der Waals surface area contributed by atoms with Crippen molar-refractivity contribution in [3.8, 4) is 0 Å². The van der Waals surface area contributed by atoms with E-state index in [0.29, 0.717) is 19.0 Å². The van der Waals surface area contributed by atoms with Crippen molar-refractivity contribution in [3.63, 3.8) is 0 Å². The molecule has 1 aliphatic carbocycles. The van der Waals surface area contributed by atoms with Crippen LogP contribution in [0, 0.1) is 5.82 Å². The molecule has 4 aromatic rings. The molecule has 5 rings (SSSR count). The second-order valence-electron chi connectivity index (χ2n) is 8.31. The van der Waals surface area contributed by atoms with Gasteiger partial charge in [-0.1, -0.05) is 12.1 Å². The Hall–Kier alpha value is -2.90. The summed E-state index contributed by atoms with van der Waals surface area (Å²) in [7, 11) is 0. The molecule has 3 heterocycles. The zero-order valence-corrected chi connectivity index (χ0v) is 18.6. The molecule has 0 radical (unpaired) electrons. The zero-order chi connectivity index (χ0) is 21.9. The minimum absolute atomic E-state index is 0.0213. The highest BCUT2D eigenvalue weighted by atomic mass is 32.1. The molecule has 0 fully saturated rings. The molecule has 0 aliphatic heterocycles. The first-order valence-corrected chi connectivity index (χ1v) is 11.9. The Kier molecular flexibility index (Phi) is 6.10. The van der Waals surface area contributed by atoms with Crippen LogP contribution in [0.5, 0.6) is 0 Å². The summed E-state index contributed by atoms with van der Waals surface area (Å²) >= 11 is 1.65. The first-order valence-electron chi connectivity index (χ1n) is 11.0. The van der Waals surface area contributed by atoms with E-state index >= 15 is 0 Å². The molecule has 1 aliphatic rings. The van der Waals surface area contributed by atoms with Gasteiger partial charge in [0.2, 0.25) is 0 Å². The molecule has 0 saturated heterocycles. The molecule has 1 unspecified atom stereocenters. The molecule has 5 nitrogen and oxygen atoms in total.